The zero-order chi connectivity index (χ0) is 19.2. The van der Waals surface area contributed by atoms with Gasteiger partial charge in [-0.05, 0) is 48.2 Å². The molecule has 1 saturated heterocycles. The summed E-state index contributed by atoms with van der Waals surface area (Å²) < 4.78 is 10.5. The van der Waals surface area contributed by atoms with Crippen LogP contribution in [0.1, 0.15) is 5.56 Å². The molecule has 0 unspecified atom stereocenters. The molecule has 7 heteroatoms. The van der Waals surface area contributed by atoms with E-state index in [9.17, 15) is 4.79 Å². The van der Waals surface area contributed by atoms with Crippen molar-refractivity contribution >= 4 is 46.2 Å². The number of carbonyl (C=O) groups is 1. The number of halogens is 1. The molecule has 0 radical (unpaired) electrons. The average molecular weight is 403 g/mol. The summed E-state index contributed by atoms with van der Waals surface area (Å²) in [4.78, 5) is 19.7. The van der Waals surface area contributed by atoms with Gasteiger partial charge in [-0.2, -0.15) is 0 Å². The van der Waals surface area contributed by atoms with Gasteiger partial charge in [0, 0.05) is 17.7 Å². The van der Waals surface area contributed by atoms with Crippen molar-refractivity contribution in [3.63, 3.8) is 0 Å². The van der Waals surface area contributed by atoms with Gasteiger partial charge < -0.3 is 9.47 Å². The molecule has 0 saturated carbocycles. The summed E-state index contributed by atoms with van der Waals surface area (Å²) in [6, 6.07) is 14.8. The van der Waals surface area contributed by atoms with Crippen LogP contribution >= 0.6 is 23.4 Å². The number of thioether (sulfide) groups is 1. The molecule has 0 N–H and O–H groups in total. The fourth-order valence-corrected chi connectivity index (χ4v) is 3.74. The molecule has 1 aliphatic rings. The van der Waals surface area contributed by atoms with Crippen LogP contribution in [-0.4, -0.2) is 43.3 Å². The molecule has 0 spiro atoms. The standard InChI is InChI=1S/C20H19ClN2O3S/c1-25-11-10-23-19(24)18(13-14-12-15(21)8-9-17(14)26-2)27-20(23)22-16-6-4-3-5-7-16/h3-9,12-13H,10-11H2,1-2H3/b18-13-,22-20?. The number of hydrogen-bond acceptors (Lipinski definition) is 5. The van der Waals surface area contributed by atoms with E-state index in [1.165, 1.54) is 11.8 Å². The lowest BCUT2D eigenvalue weighted by Gasteiger charge is -2.14. The molecule has 140 valence electrons. The first kappa shape index (κ1) is 19.5. The maximum Gasteiger partial charge on any atom is 0.266 e. The minimum atomic E-state index is -0.117. The summed E-state index contributed by atoms with van der Waals surface area (Å²) in [5.74, 6) is 0.533. The predicted octanol–water partition coefficient (Wildman–Crippen LogP) is 4.60. The molecule has 27 heavy (non-hydrogen) atoms. The Kier molecular flexibility index (Phi) is 6.55. The number of methoxy groups -OCH3 is 2. The SMILES string of the molecule is COCCN1C(=O)/C(=C/c2cc(Cl)ccc2OC)SC1=Nc1ccccc1. The van der Waals surface area contributed by atoms with Gasteiger partial charge >= 0.3 is 0 Å². The van der Waals surface area contributed by atoms with Crippen LogP contribution in [0.15, 0.2) is 58.4 Å². The number of rotatable bonds is 6. The monoisotopic (exact) mass is 402 g/mol. The first-order valence-corrected chi connectivity index (χ1v) is 9.49. The number of hydrogen-bond donors (Lipinski definition) is 0. The van der Waals surface area contributed by atoms with Crippen LogP contribution in [0.25, 0.3) is 6.08 Å². The highest BCUT2D eigenvalue weighted by Gasteiger charge is 2.33. The van der Waals surface area contributed by atoms with Crippen LogP contribution in [0.4, 0.5) is 5.69 Å². The van der Waals surface area contributed by atoms with Gasteiger partial charge in [0.2, 0.25) is 0 Å². The minimum absolute atomic E-state index is 0.117. The van der Waals surface area contributed by atoms with E-state index in [1.807, 2.05) is 30.3 Å². The zero-order valence-corrected chi connectivity index (χ0v) is 16.6. The molecule has 5 nitrogen and oxygen atoms in total. The lowest BCUT2D eigenvalue weighted by Crippen LogP contribution is -2.32. The Morgan fingerprint density at radius 2 is 1.96 bits per heavy atom. The third kappa shape index (κ3) is 4.71. The maximum absolute atomic E-state index is 12.9. The highest BCUT2D eigenvalue weighted by atomic mass is 35.5. The molecule has 0 bridgehead atoms. The fraction of sp³-hybridized carbons (Fsp3) is 0.200. The normalized spacial score (nSPS) is 17.1. The number of para-hydroxylation sites is 1. The first-order chi connectivity index (χ1) is 13.1. The predicted molar refractivity (Wildman–Crippen MR) is 111 cm³/mol. The van der Waals surface area contributed by atoms with Crippen molar-refractivity contribution < 1.29 is 14.3 Å². The smallest absolute Gasteiger partial charge is 0.266 e. The van der Waals surface area contributed by atoms with E-state index >= 15 is 0 Å². The van der Waals surface area contributed by atoms with Gasteiger partial charge in [-0.25, -0.2) is 4.99 Å². The second-order valence-corrected chi connectivity index (χ2v) is 7.12. The summed E-state index contributed by atoms with van der Waals surface area (Å²) in [5, 5.41) is 1.20. The first-order valence-electron chi connectivity index (χ1n) is 8.30. The van der Waals surface area contributed by atoms with Crippen LogP contribution < -0.4 is 4.74 Å². The molecule has 0 aromatic heterocycles. The van der Waals surface area contributed by atoms with Crippen LogP contribution in [0.3, 0.4) is 0 Å². The van der Waals surface area contributed by atoms with Gasteiger partial charge in [0.25, 0.3) is 5.91 Å². The molecular weight excluding hydrogens is 384 g/mol. The van der Waals surface area contributed by atoms with Gasteiger partial charge in [-0.15, -0.1) is 0 Å². The van der Waals surface area contributed by atoms with E-state index in [1.54, 1.807) is 43.4 Å². The van der Waals surface area contributed by atoms with Crippen molar-refractivity contribution in [1.82, 2.24) is 4.90 Å². The van der Waals surface area contributed by atoms with Crippen molar-refractivity contribution in [2.24, 2.45) is 4.99 Å². The highest BCUT2D eigenvalue weighted by Crippen LogP contribution is 2.36. The molecule has 2 aromatic rings. The van der Waals surface area contributed by atoms with Gasteiger partial charge in [-0.3, -0.25) is 9.69 Å². The highest BCUT2D eigenvalue weighted by molar-refractivity contribution is 8.18. The number of ether oxygens (including phenoxy) is 2. The van der Waals surface area contributed by atoms with Crippen molar-refractivity contribution in [3.05, 3.63) is 64.0 Å². The van der Waals surface area contributed by atoms with Gasteiger partial charge in [0.1, 0.15) is 5.75 Å². The summed E-state index contributed by atoms with van der Waals surface area (Å²) >= 11 is 7.43. The average Bonchev–Trinajstić information content (AvgIpc) is 2.95. The third-order valence-corrected chi connectivity index (χ3v) is 5.11. The van der Waals surface area contributed by atoms with Crippen molar-refractivity contribution in [2.45, 2.75) is 0 Å². The van der Waals surface area contributed by atoms with Gasteiger partial charge in [0.05, 0.1) is 30.9 Å². The summed E-state index contributed by atoms with van der Waals surface area (Å²) in [6.45, 7) is 0.853. The van der Waals surface area contributed by atoms with Gasteiger partial charge in [0.15, 0.2) is 5.17 Å². The molecule has 2 aromatic carbocycles. The second-order valence-electron chi connectivity index (χ2n) is 5.68. The van der Waals surface area contributed by atoms with Crippen molar-refractivity contribution in [2.75, 3.05) is 27.4 Å². The Labute approximate surface area is 167 Å². The van der Waals surface area contributed by atoms with E-state index in [2.05, 4.69) is 4.99 Å². The van der Waals surface area contributed by atoms with Crippen LogP contribution in [-0.2, 0) is 9.53 Å². The van der Waals surface area contributed by atoms with E-state index in [0.717, 1.165) is 11.3 Å². The van der Waals surface area contributed by atoms with Crippen LogP contribution in [0.5, 0.6) is 5.75 Å². The number of carbonyl (C=O) groups excluding carboxylic acids is 1. The second kappa shape index (κ2) is 9.08. The Bertz CT molecular complexity index is 884. The summed E-state index contributed by atoms with van der Waals surface area (Å²) in [5.41, 5.74) is 1.53. The molecular formula is C20H19ClN2O3S. The Hall–Kier alpha value is -2.28. The Morgan fingerprint density at radius 3 is 2.67 bits per heavy atom. The topological polar surface area (TPSA) is 51.1 Å². The Morgan fingerprint density at radius 1 is 1.19 bits per heavy atom. The zero-order valence-electron chi connectivity index (χ0n) is 15.0. The van der Waals surface area contributed by atoms with Crippen LogP contribution in [0, 0.1) is 0 Å². The summed E-state index contributed by atoms with van der Waals surface area (Å²) in [7, 11) is 3.19. The summed E-state index contributed by atoms with van der Waals surface area (Å²) in [6.07, 6.45) is 1.78. The van der Waals surface area contributed by atoms with Crippen molar-refractivity contribution in [1.29, 1.82) is 0 Å². The molecule has 0 atom stereocenters. The molecule has 1 aliphatic heterocycles. The largest absolute Gasteiger partial charge is 0.496 e. The molecule has 1 amide bonds. The lowest BCUT2D eigenvalue weighted by atomic mass is 10.2. The molecule has 1 heterocycles. The lowest BCUT2D eigenvalue weighted by molar-refractivity contribution is -0.122. The van der Waals surface area contributed by atoms with Crippen molar-refractivity contribution in [3.8, 4) is 5.75 Å². The van der Waals surface area contributed by atoms with Gasteiger partial charge in [-0.1, -0.05) is 29.8 Å². The number of amidine groups is 1. The third-order valence-electron chi connectivity index (χ3n) is 3.87. The number of amides is 1. The Balaban J connectivity index is 1.97. The minimum Gasteiger partial charge on any atom is -0.496 e. The van der Waals surface area contributed by atoms with E-state index in [-0.39, 0.29) is 5.91 Å². The molecule has 0 aliphatic carbocycles. The molecule has 1 fully saturated rings. The number of nitrogens with zero attached hydrogens (tertiary/aromatic N) is 2. The fourth-order valence-electron chi connectivity index (χ4n) is 2.54. The number of aliphatic imine (C=N–C) groups is 1. The van der Waals surface area contributed by atoms with E-state index < -0.39 is 0 Å². The maximum atomic E-state index is 12.9. The van der Waals surface area contributed by atoms with E-state index in [4.69, 9.17) is 21.1 Å². The number of benzene rings is 2. The van der Waals surface area contributed by atoms with E-state index in [0.29, 0.717) is 34.0 Å². The quantitative estimate of drug-likeness (QED) is 0.662. The van der Waals surface area contributed by atoms with Crippen LogP contribution in [0.2, 0.25) is 5.02 Å². The molecule has 3 rings (SSSR count).